The third kappa shape index (κ3) is 31.8. The third-order valence-corrected chi connectivity index (χ3v) is 10.8. The Morgan fingerprint density at radius 2 is 0.800 bits per heavy atom. The van der Waals surface area contributed by atoms with E-state index in [1.807, 2.05) is 0 Å². The maximum absolute atomic E-state index is 12.9. The molecule has 0 radical (unpaired) electrons. The SMILES string of the molecule is CCCCCC/C=C/CCCCCCCCCCCOC(=O)c1ccc(S(=O)(=O)[O-])cc1C(=O)OCCCCCCCCCCC/C=C/CCCCCC.[K+]. The number of rotatable bonds is 37. The molecule has 0 N–H and O–H groups in total. The first-order valence-electron chi connectivity index (χ1n) is 22.0. The Morgan fingerprint density at radius 3 is 1.15 bits per heavy atom. The van der Waals surface area contributed by atoms with E-state index in [1.54, 1.807) is 0 Å². The van der Waals surface area contributed by atoms with E-state index < -0.39 is 27.0 Å². The van der Waals surface area contributed by atoms with Crippen molar-refractivity contribution in [3.05, 3.63) is 53.6 Å². The van der Waals surface area contributed by atoms with Gasteiger partial charge in [-0.1, -0.05) is 167 Å². The monoisotopic (exact) mass is 813 g/mol. The second-order valence-electron chi connectivity index (χ2n) is 15.0. The van der Waals surface area contributed by atoms with Crippen LogP contribution >= 0.6 is 0 Å². The molecule has 0 saturated carbocycles. The van der Waals surface area contributed by atoms with Crippen LogP contribution in [0.2, 0.25) is 0 Å². The molecule has 0 aromatic heterocycles. The van der Waals surface area contributed by atoms with Gasteiger partial charge in [0.1, 0.15) is 10.1 Å². The number of benzene rings is 1. The van der Waals surface area contributed by atoms with Crippen molar-refractivity contribution in [2.45, 2.75) is 211 Å². The van der Waals surface area contributed by atoms with Crippen LogP contribution in [0.4, 0.5) is 0 Å². The number of carbonyl (C=O) groups excluding carboxylic acids is 2. The average Bonchev–Trinajstić information content (AvgIpc) is 3.16. The summed E-state index contributed by atoms with van der Waals surface area (Å²) in [5, 5.41) is 0. The fraction of sp³-hybridized carbons (Fsp3) is 0.739. The minimum absolute atomic E-state index is 0. The fourth-order valence-electron chi connectivity index (χ4n) is 6.56. The molecule has 0 heterocycles. The fourth-order valence-corrected chi connectivity index (χ4v) is 7.06. The molecule has 0 aliphatic heterocycles. The third-order valence-electron chi connectivity index (χ3n) is 10.00. The summed E-state index contributed by atoms with van der Waals surface area (Å²) in [4.78, 5) is 25.2. The number of carbonyl (C=O) groups is 2. The summed E-state index contributed by atoms with van der Waals surface area (Å²) in [6.07, 6.45) is 45.0. The zero-order chi connectivity index (χ0) is 39.4. The van der Waals surface area contributed by atoms with Crippen molar-refractivity contribution in [1.29, 1.82) is 0 Å². The zero-order valence-corrected chi connectivity index (χ0v) is 39.4. The van der Waals surface area contributed by atoms with Crippen molar-refractivity contribution in [3.8, 4) is 0 Å². The first kappa shape index (κ1) is 54.2. The van der Waals surface area contributed by atoms with Crippen molar-refractivity contribution in [2.24, 2.45) is 0 Å². The maximum Gasteiger partial charge on any atom is 1.00 e. The van der Waals surface area contributed by atoms with Crippen LogP contribution in [0.25, 0.3) is 0 Å². The van der Waals surface area contributed by atoms with Gasteiger partial charge in [-0.05, 0) is 82.4 Å². The number of hydrogen-bond acceptors (Lipinski definition) is 7. The summed E-state index contributed by atoms with van der Waals surface area (Å²) < 4.78 is 45.8. The van der Waals surface area contributed by atoms with Gasteiger partial charge in [0.2, 0.25) is 0 Å². The van der Waals surface area contributed by atoms with Crippen LogP contribution in [0.1, 0.15) is 227 Å². The molecular weight excluding hydrogens is 736 g/mol. The predicted molar refractivity (Wildman–Crippen MR) is 223 cm³/mol. The summed E-state index contributed by atoms with van der Waals surface area (Å²) in [5.74, 6) is -1.55. The van der Waals surface area contributed by atoms with Crippen molar-refractivity contribution in [1.82, 2.24) is 0 Å². The van der Waals surface area contributed by atoms with Gasteiger partial charge in [-0.2, -0.15) is 0 Å². The van der Waals surface area contributed by atoms with Crippen LogP contribution in [-0.4, -0.2) is 38.1 Å². The molecule has 0 spiro atoms. The van der Waals surface area contributed by atoms with E-state index in [0.717, 1.165) is 50.7 Å². The molecule has 0 bridgehead atoms. The summed E-state index contributed by atoms with van der Waals surface area (Å²) in [5.41, 5.74) is -0.342. The van der Waals surface area contributed by atoms with E-state index in [0.29, 0.717) is 12.8 Å². The van der Waals surface area contributed by atoms with E-state index in [4.69, 9.17) is 9.47 Å². The molecule has 1 aromatic carbocycles. The molecule has 0 atom stereocenters. The quantitative estimate of drug-likeness (QED) is 0.0216. The van der Waals surface area contributed by atoms with E-state index in [-0.39, 0.29) is 75.7 Å². The van der Waals surface area contributed by atoms with Gasteiger partial charge in [-0.3, -0.25) is 0 Å². The van der Waals surface area contributed by atoms with Gasteiger partial charge in [0.15, 0.2) is 0 Å². The van der Waals surface area contributed by atoms with Gasteiger partial charge in [-0.25, -0.2) is 18.0 Å². The second-order valence-corrected chi connectivity index (χ2v) is 16.4. The normalized spacial score (nSPS) is 11.7. The van der Waals surface area contributed by atoms with E-state index in [1.165, 1.54) is 147 Å². The number of unbranched alkanes of at least 4 members (excludes halogenated alkanes) is 26. The van der Waals surface area contributed by atoms with Gasteiger partial charge < -0.3 is 14.0 Å². The van der Waals surface area contributed by atoms with Crippen LogP contribution in [0, 0.1) is 0 Å². The molecule has 7 nitrogen and oxygen atoms in total. The first-order valence-corrected chi connectivity index (χ1v) is 23.5. The molecule has 0 saturated heterocycles. The molecule has 0 aliphatic rings. The minimum Gasteiger partial charge on any atom is -0.744 e. The van der Waals surface area contributed by atoms with Gasteiger partial charge >= 0.3 is 63.3 Å². The molecule has 310 valence electrons. The van der Waals surface area contributed by atoms with Gasteiger partial charge in [-0.15, -0.1) is 0 Å². The van der Waals surface area contributed by atoms with E-state index in [9.17, 15) is 22.6 Å². The zero-order valence-electron chi connectivity index (χ0n) is 35.4. The van der Waals surface area contributed by atoms with Gasteiger partial charge in [0.25, 0.3) is 0 Å². The Bertz CT molecular complexity index is 1240. The van der Waals surface area contributed by atoms with Crippen LogP contribution < -0.4 is 51.4 Å². The number of ether oxygens (including phenoxy) is 2. The minimum atomic E-state index is -4.82. The molecule has 1 aromatic rings. The molecule has 1 rings (SSSR count). The molecular formula is C46H77KO7S. The molecule has 9 heteroatoms. The Balaban J connectivity index is 0.0000292. The average molecular weight is 813 g/mol. The smallest absolute Gasteiger partial charge is 0.744 e. The number of esters is 2. The van der Waals surface area contributed by atoms with Gasteiger partial charge in [0, 0.05) is 0 Å². The van der Waals surface area contributed by atoms with Crippen LogP contribution in [0.15, 0.2) is 47.4 Å². The molecule has 0 aliphatic carbocycles. The molecule has 0 amide bonds. The summed E-state index contributed by atoms with van der Waals surface area (Å²) in [7, 11) is -4.82. The van der Waals surface area contributed by atoms with E-state index in [2.05, 4.69) is 38.2 Å². The Hall–Kier alpha value is -0.814. The predicted octanol–water partition coefficient (Wildman–Crippen LogP) is 10.8. The van der Waals surface area contributed by atoms with Crippen LogP contribution in [0.5, 0.6) is 0 Å². The molecule has 0 unspecified atom stereocenters. The van der Waals surface area contributed by atoms with Crippen LogP contribution in [-0.2, 0) is 19.6 Å². The molecule has 0 fully saturated rings. The van der Waals surface area contributed by atoms with Crippen molar-refractivity contribution < 1.29 is 83.4 Å². The second kappa shape index (κ2) is 38.7. The van der Waals surface area contributed by atoms with E-state index >= 15 is 0 Å². The Kier molecular flexibility index (Phi) is 38.1. The number of hydrogen-bond donors (Lipinski definition) is 0. The standard InChI is InChI=1S/C46H78O7S.K/c1-3-5-7-9-11-13-15-17-19-21-23-25-27-29-31-33-35-39-52-45(47)43-38-37-42(54(49,50)51)41-44(43)46(48)53-40-36-34-32-30-28-26-24-22-20-18-16-14-12-10-8-6-4-2;/h13-16,37-38,41H,3-12,17-36,39-40H2,1-2H3,(H,49,50,51);/q;+1/p-1/b15-13+,16-14+;. The summed E-state index contributed by atoms with van der Waals surface area (Å²) >= 11 is 0. The first-order chi connectivity index (χ1) is 26.3. The van der Waals surface area contributed by atoms with Crippen molar-refractivity contribution in [3.63, 3.8) is 0 Å². The summed E-state index contributed by atoms with van der Waals surface area (Å²) in [6.45, 7) is 4.85. The number of allylic oxidation sites excluding steroid dienone is 4. The van der Waals surface area contributed by atoms with Crippen LogP contribution in [0.3, 0.4) is 0 Å². The van der Waals surface area contributed by atoms with Crippen molar-refractivity contribution >= 4 is 22.1 Å². The topological polar surface area (TPSA) is 110 Å². The maximum atomic E-state index is 12.9. The summed E-state index contributed by atoms with van der Waals surface area (Å²) in [6, 6.07) is 3.13. The van der Waals surface area contributed by atoms with Crippen molar-refractivity contribution in [2.75, 3.05) is 13.2 Å². The Morgan fingerprint density at radius 1 is 0.491 bits per heavy atom. The van der Waals surface area contributed by atoms with Gasteiger partial charge in [0.05, 0.1) is 29.2 Å². The Labute approximate surface area is 380 Å². The molecule has 55 heavy (non-hydrogen) atoms. The largest absolute Gasteiger partial charge is 1.00 e.